The highest BCUT2D eigenvalue weighted by molar-refractivity contribution is 6.42. The van der Waals surface area contributed by atoms with Crippen molar-refractivity contribution in [3.05, 3.63) is 45.2 Å². The van der Waals surface area contributed by atoms with E-state index >= 15 is 0 Å². The van der Waals surface area contributed by atoms with Gasteiger partial charge in [0.2, 0.25) is 0 Å². The number of esters is 1. The SMILES string of the molecule is CCc1c(C(=O)OC)nnn1Cc1ccc(Cl)c(Cl)c1. The van der Waals surface area contributed by atoms with Crippen LogP contribution in [0.15, 0.2) is 18.2 Å². The summed E-state index contributed by atoms with van der Waals surface area (Å²) in [6.45, 7) is 2.39. The van der Waals surface area contributed by atoms with Crippen LogP contribution in [0.4, 0.5) is 0 Å². The summed E-state index contributed by atoms with van der Waals surface area (Å²) < 4.78 is 6.34. The number of halogens is 2. The van der Waals surface area contributed by atoms with Crippen molar-refractivity contribution in [1.29, 1.82) is 0 Å². The standard InChI is InChI=1S/C13H13Cl2N3O2/c1-3-11-12(13(19)20-2)16-17-18(11)7-8-4-5-9(14)10(15)6-8/h4-6H,3,7H2,1-2H3. The predicted molar refractivity (Wildman–Crippen MR) is 76.3 cm³/mol. The second-order valence-corrected chi connectivity index (χ2v) is 4.95. The van der Waals surface area contributed by atoms with Crippen LogP contribution in [-0.2, 0) is 17.7 Å². The maximum absolute atomic E-state index is 11.6. The number of carbonyl (C=O) groups excluding carboxylic acids is 1. The highest BCUT2D eigenvalue weighted by atomic mass is 35.5. The topological polar surface area (TPSA) is 57.0 Å². The largest absolute Gasteiger partial charge is 0.464 e. The zero-order chi connectivity index (χ0) is 14.7. The number of aromatic nitrogens is 3. The van der Waals surface area contributed by atoms with Crippen LogP contribution < -0.4 is 0 Å². The van der Waals surface area contributed by atoms with Gasteiger partial charge < -0.3 is 4.74 Å². The number of nitrogens with zero attached hydrogens (tertiary/aromatic N) is 3. The number of hydrogen-bond donors (Lipinski definition) is 0. The molecule has 7 heteroatoms. The van der Waals surface area contributed by atoms with Gasteiger partial charge in [0.15, 0.2) is 5.69 Å². The highest BCUT2D eigenvalue weighted by Gasteiger charge is 2.19. The Morgan fingerprint density at radius 1 is 1.35 bits per heavy atom. The predicted octanol–water partition coefficient (Wildman–Crippen LogP) is 2.98. The Morgan fingerprint density at radius 2 is 2.10 bits per heavy atom. The molecule has 0 amide bonds. The minimum absolute atomic E-state index is 0.245. The summed E-state index contributed by atoms with van der Waals surface area (Å²) in [6, 6.07) is 5.35. The van der Waals surface area contributed by atoms with Crippen molar-refractivity contribution < 1.29 is 9.53 Å². The van der Waals surface area contributed by atoms with Gasteiger partial charge in [-0.2, -0.15) is 0 Å². The number of methoxy groups -OCH3 is 1. The molecule has 1 aromatic carbocycles. The molecule has 106 valence electrons. The maximum atomic E-state index is 11.6. The lowest BCUT2D eigenvalue weighted by atomic mass is 10.2. The van der Waals surface area contributed by atoms with Gasteiger partial charge in [0.05, 0.1) is 29.4 Å². The Balaban J connectivity index is 2.31. The Bertz CT molecular complexity index is 641. The Hall–Kier alpha value is -1.59. The Kier molecular flexibility index (Phi) is 4.62. The molecule has 0 N–H and O–H groups in total. The lowest BCUT2D eigenvalue weighted by Gasteiger charge is -2.06. The molecule has 0 aliphatic heterocycles. The molecular formula is C13H13Cl2N3O2. The number of ether oxygens (including phenoxy) is 1. The van der Waals surface area contributed by atoms with Crippen LogP contribution in [0.3, 0.4) is 0 Å². The van der Waals surface area contributed by atoms with E-state index in [4.69, 9.17) is 23.2 Å². The van der Waals surface area contributed by atoms with E-state index in [9.17, 15) is 4.79 Å². The molecular weight excluding hydrogens is 301 g/mol. The Labute approximate surface area is 126 Å². The highest BCUT2D eigenvalue weighted by Crippen LogP contribution is 2.23. The van der Waals surface area contributed by atoms with Gasteiger partial charge in [0.25, 0.3) is 0 Å². The molecule has 2 rings (SSSR count). The molecule has 0 bridgehead atoms. The van der Waals surface area contributed by atoms with E-state index in [-0.39, 0.29) is 5.69 Å². The molecule has 0 saturated heterocycles. The molecule has 5 nitrogen and oxygen atoms in total. The first-order valence-electron chi connectivity index (χ1n) is 6.01. The molecule has 0 radical (unpaired) electrons. The summed E-state index contributed by atoms with van der Waals surface area (Å²) in [5.41, 5.74) is 1.90. The fraction of sp³-hybridized carbons (Fsp3) is 0.308. The van der Waals surface area contributed by atoms with Crippen molar-refractivity contribution in [3.63, 3.8) is 0 Å². The average Bonchev–Trinajstić information content (AvgIpc) is 2.84. The third-order valence-corrected chi connectivity index (χ3v) is 3.61. The summed E-state index contributed by atoms with van der Waals surface area (Å²) in [4.78, 5) is 11.6. The number of hydrogen-bond acceptors (Lipinski definition) is 4. The van der Waals surface area contributed by atoms with Gasteiger partial charge >= 0.3 is 5.97 Å². The third kappa shape index (κ3) is 2.94. The van der Waals surface area contributed by atoms with Crippen molar-refractivity contribution in [1.82, 2.24) is 15.0 Å². The lowest BCUT2D eigenvalue weighted by molar-refractivity contribution is 0.0592. The van der Waals surface area contributed by atoms with E-state index in [1.165, 1.54) is 7.11 Å². The van der Waals surface area contributed by atoms with E-state index in [1.54, 1.807) is 16.8 Å². The summed E-state index contributed by atoms with van der Waals surface area (Å²) >= 11 is 11.9. The van der Waals surface area contributed by atoms with Gasteiger partial charge in [-0.25, -0.2) is 9.48 Å². The van der Waals surface area contributed by atoms with Crippen LogP contribution in [0.2, 0.25) is 10.0 Å². The van der Waals surface area contributed by atoms with Crippen molar-refractivity contribution >= 4 is 29.2 Å². The van der Waals surface area contributed by atoms with E-state index < -0.39 is 5.97 Å². The van der Waals surface area contributed by atoms with Crippen molar-refractivity contribution in [2.75, 3.05) is 7.11 Å². The summed E-state index contributed by atoms with van der Waals surface area (Å²) in [5, 5.41) is 8.85. The normalized spacial score (nSPS) is 10.6. The van der Waals surface area contributed by atoms with Crippen LogP contribution in [-0.4, -0.2) is 28.1 Å². The summed E-state index contributed by atoms with van der Waals surface area (Å²) in [5.74, 6) is -0.484. The molecule has 0 spiro atoms. The zero-order valence-electron chi connectivity index (χ0n) is 11.1. The van der Waals surface area contributed by atoms with Crippen molar-refractivity contribution in [2.24, 2.45) is 0 Å². The first kappa shape index (κ1) is 14.8. The quantitative estimate of drug-likeness (QED) is 0.814. The van der Waals surface area contributed by atoms with Gasteiger partial charge in [0, 0.05) is 0 Å². The van der Waals surface area contributed by atoms with Crippen LogP contribution in [0, 0.1) is 0 Å². The molecule has 0 atom stereocenters. The van der Waals surface area contributed by atoms with E-state index in [0.717, 1.165) is 11.3 Å². The molecule has 0 aliphatic carbocycles. The summed E-state index contributed by atoms with van der Waals surface area (Å²) in [7, 11) is 1.32. The fourth-order valence-corrected chi connectivity index (χ4v) is 2.20. The number of carbonyl (C=O) groups is 1. The van der Waals surface area contributed by atoms with E-state index in [1.807, 2.05) is 13.0 Å². The second kappa shape index (κ2) is 6.24. The van der Waals surface area contributed by atoms with Gasteiger partial charge in [-0.1, -0.05) is 41.4 Å². The third-order valence-electron chi connectivity index (χ3n) is 2.87. The van der Waals surface area contributed by atoms with Gasteiger partial charge in [0.1, 0.15) is 0 Å². The second-order valence-electron chi connectivity index (χ2n) is 4.14. The number of benzene rings is 1. The number of rotatable bonds is 4. The van der Waals surface area contributed by atoms with Gasteiger partial charge in [-0.3, -0.25) is 0 Å². The first-order valence-corrected chi connectivity index (χ1v) is 6.77. The fourth-order valence-electron chi connectivity index (χ4n) is 1.88. The average molecular weight is 314 g/mol. The first-order chi connectivity index (χ1) is 9.56. The molecule has 20 heavy (non-hydrogen) atoms. The molecule has 0 fully saturated rings. The van der Waals surface area contributed by atoms with E-state index in [0.29, 0.717) is 23.0 Å². The molecule has 1 aromatic heterocycles. The van der Waals surface area contributed by atoms with Crippen molar-refractivity contribution in [2.45, 2.75) is 19.9 Å². The van der Waals surface area contributed by atoms with Gasteiger partial charge in [-0.15, -0.1) is 5.10 Å². The maximum Gasteiger partial charge on any atom is 0.360 e. The molecule has 0 unspecified atom stereocenters. The smallest absolute Gasteiger partial charge is 0.360 e. The minimum atomic E-state index is -0.484. The van der Waals surface area contributed by atoms with Crippen LogP contribution in [0.5, 0.6) is 0 Å². The van der Waals surface area contributed by atoms with Crippen molar-refractivity contribution in [3.8, 4) is 0 Å². The van der Waals surface area contributed by atoms with Crippen LogP contribution in [0.25, 0.3) is 0 Å². The molecule has 0 saturated carbocycles. The van der Waals surface area contributed by atoms with E-state index in [2.05, 4.69) is 15.0 Å². The zero-order valence-corrected chi connectivity index (χ0v) is 12.6. The monoisotopic (exact) mass is 313 g/mol. The molecule has 1 heterocycles. The van der Waals surface area contributed by atoms with Crippen LogP contribution >= 0.6 is 23.2 Å². The lowest BCUT2D eigenvalue weighted by Crippen LogP contribution is -2.09. The van der Waals surface area contributed by atoms with Gasteiger partial charge in [-0.05, 0) is 24.1 Å². The molecule has 0 aliphatic rings. The minimum Gasteiger partial charge on any atom is -0.464 e. The summed E-state index contributed by atoms with van der Waals surface area (Å²) in [6.07, 6.45) is 0.624. The molecule has 2 aromatic rings. The van der Waals surface area contributed by atoms with Crippen LogP contribution in [0.1, 0.15) is 28.7 Å². The Morgan fingerprint density at radius 3 is 2.70 bits per heavy atom.